The molecule has 2 aromatic heterocycles. The predicted molar refractivity (Wildman–Crippen MR) is 96.0 cm³/mol. The first-order valence-electron chi connectivity index (χ1n) is 9.22. The highest BCUT2D eigenvalue weighted by Crippen LogP contribution is 2.30. The number of carbonyl (C=O) groups is 1. The number of nitrogens with zero attached hydrogens (tertiary/aromatic N) is 6. The molecule has 1 amide bonds. The number of rotatable bonds is 5. The van der Waals surface area contributed by atoms with Crippen molar-refractivity contribution in [2.45, 2.75) is 38.3 Å². The summed E-state index contributed by atoms with van der Waals surface area (Å²) < 4.78 is 7.82. The molecule has 2 aliphatic heterocycles. The zero-order valence-electron chi connectivity index (χ0n) is 15.0. The van der Waals surface area contributed by atoms with E-state index in [9.17, 15) is 4.79 Å². The van der Waals surface area contributed by atoms with Gasteiger partial charge < -0.3 is 14.5 Å². The van der Waals surface area contributed by atoms with Crippen LogP contribution in [0.3, 0.4) is 0 Å². The quantitative estimate of drug-likeness (QED) is 0.808. The summed E-state index contributed by atoms with van der Waals surface area (Å²) in [6.07, 6.45) is 8.04. The predicted octanol–water partition coefficient (Wildman–Crippen LogP) is 1.51. The molecule has 2 aliphatic rings. The van der Waals surface area contributed by atoms with Gasteiger partial charge in [0.2, 0.25) is 5.91 Å². The average molecular weight is 356 g/mol. The third kappa shape index (κ3) is 3.36. The summed E-state index contributed by atoms with van der Waals surface area (Å²) in [6, 6.07) is 3.53. The zero-order valence-corrected chi connectivity index (χ0v) is 15.0. The number of hydrogen-bond donors (Lipinski definition) is 0. The molecule has 4 rings (SSSR count). The van der Waals surface area contributed by atoms with Gasteiger partial charge in [-0.05, 0) is 31.9 Å². The van der Waals surface area contributed by atoms with E-state index in [1.807, 2.05) is 30.2 Å². The van der Waals surface area contributed by atoms with Crippen LogP contribution in [0.2, 0.25) is 0 Å². The fourth-order valence-electron chi connectivity index (χ4n) is 3.64. The van der Waals surface area contributed by atoms with E-state index in [-0.39, 0.29) is 18.1 Å². The van der Waals surface area contributed by atoms with Crippen LogP contribution in [0.5, 0.6) is 5.75 Å². The lowest BCUT2D eigenvalue weighted by atomic mass is 10.3. The van der Waals surface area contributed by atoms with E-state index in [4.69, 9.17) is 4.74 Å². The van der Waals surface area contributed by atoms with E-state index >= 15 is 0 Å². The van der Waals surface area contributed by atoms with Gasteiger partial charge in [-0.3, -0.25) is 4.79 Å². The number of amides is 1. The number of hydrogen-bond acceptors (Lipinski definition) is 6. The van der Waals surface area contributed by atoms with Crippen molar-refractivity contribution in [3.8, 4) is 5.75 Å². The van der Waals surface area contributed by atoms with Gasteiger partial charge in [-0.2, -0.15) is 5.10 Å². The molecule has 0 radical (unpaired) electrons. The van der Waals surface area contributed by atoms with Gasteiger partial charge in [0, 0.05) is 32.3 Å². The van der Waals surface area contributed by atoms with Crippen molar-refractivity contribution >= 4 is 11.7 Å². The maximum atomic E-state index is 12.7. The molecule has 0 N–H and O–H groups in total. The number of anilines is 1. The van der Waals surface area contributed by atoms with Crippen molar-refractivity contribution in [2.75, 3.05) is 31.1 Å². The molecule has 2 fully saturated rings. The summed E-state index contributed by atoms with van der Waals surface area (Å²) >= 11 is 0. The molecule has 2 aromatic rings. The summed E-state index contributed by atoms with van der Waals surface area (Å²) in [5.74, 6) is 1.79. The first-order valence-corrected chi connectivity index (χ1v) is 9.22. The maximum absolute atomic E-state index is 12.7. The van der Waals surface area contributed by atoms with Gasteiger partial charge in [-0.15, -0.1) is 0 Å². The molecule has 138 valence electrons. The topological polar surface area (TPSA) is 76.4 Å². The van der Waals surface area contributed by atoms with Crippen molar-refractivity contribution in [1.82, 2.24) is 24.6 Å². The Kier molecular flexibility index (Phi) is 4.73. The van der Waals surface area contributed by atoms with Crippen LogP contribution < -0.4 is 9.64 Å². The molecule has 0 aromatic carbocycles. The molecule has 26 heavy (non-hydrogen) atoms. The minimum absolute atomic E-state index is 0.00699. The maximum Gasteiger partial charge on any atom is 0.247 e. The standard InChI is InChI=1S/C18H24N6O2/c1-14(24-13-19-12-21-24)18(25)23-10-6-15(11-23)26-16-5-4-7-20-17(16)22-8-2-3-9-22/h4-5,7,12-15H,2-3,6,8-11H2,1H3/t14-,15-/m0/s1. The highest BCUT2D eigenvalue weighted by atomic mass is 16.5. The second-order valence-corrected chi connectivity index (χ2v) is 6.88. The molecule has 0 unspecified atom stereocenters. The van der Waals surface area contributed by atoms with Crippen LogP contribution in [0.4, 0.5) is 5.82 Å². The van der Waals surface area contributed by atoms with Gasteiger partial charge in [0.05, 0.1) is 6.54 Å². The molecule has 2 saturated heterocycles. The average Bonchev–Trinajstić information content (AvgIpc) is 3.42. The Labute approximate surface area is 152 Å². The first-order chi connectivity index (χ1) is 12.7. The van der Waals surface area contributed by atoms with Crippen LogP contribution >= 0.6 is 0 Å². The van der Waals surface area contributed by atoms with Gasteiger partial charge in [0.15, 0.2) is 11.6 Å². The third-order valence-electron chi connectivity index (χ3n) is 5.10. The van der Waals surface area contributed by atoms with E-state index in [1.54, 1.807) is 11.0 Å². The van der Waals surface area contributed by atoms with E-state index in [0.717, 1.165) is 31.1 Å². The highest BCUT2D eigenvalue weighted by Gasteiger charge is 2.32. The van der Waals surface area contributed by atoms with Crippen molar-refractivity contribution in [3.05, 3.63) is 31.0 Å². The molecule has 0 aliphatic carbocycles. The van der Waals surface area contributed by atoms with Crippen LogP contribution in [0.25, 0.3) is 0 Å². The largest absolute Gasteiger partial charge is 0.485 e. The summed E-state index contributed by atoms with van der Waals surface area (Å²) in [4.78, 5) is 25.2. The molecular weight excluding hydrogens is 332 g/mol. The Morgan fingerprint density at radius 1 is 1.31 bits per heavy atom. The van der Waals surface area contributed by atoms with Crippen molar-refractivity contribution < 1.29 is 9.53 Å². The Hall–Kier alpha value is -2.64. The molecular formula is C18H24N6O2. The molecule has 0 spiro atoms. The highest BCUT2D eigenvalue weighted by molar-refractivity contribution is 5.80. The second kappa shape index (κ2) is 7.31. The lowest BCUT2D eigenvalue weighted by Crippen LogP contribution is -2.36. The van der Waals surface area contributed by atoms with Gasteiger partial charge >= 0.3 is 0 Å². The molecule has 8 heteroatoms. The summed E-state index contributed by atoms with van der Waals surface area (Å²) in [5, 5.41) is 4.06. The lowest BCUT2D eigenvalue weighted by molar-refractivity contribution is -0.133. The number of pyridine rings is 1. The van der Waals surface area contributed by atoms with Crippen molar-refractivity contribution in [2.24, 2.45) is 0 Å². The smallest absolute Gasteiger partial charge is 0.247 e. The van der Waals surface area contributed by atoms with Crippen molar-refractivity contribution in [3.63, 3.8) is 0 Å². The normalized spacial score (nSPS) is 21.2. The van der Waals surface area contributed by atoms with Crippen LogP contribution in [0.1, 0.15) is 32.2 Å². The Morgan fingerprint density at radius 2 is 2.15 bits per heavy atom. The lowest BCUT2D eigenvalue weighted by Gasteiger charge is -2.23. The molecule has 0 bridgehead atoms. The van der Waals surface area contributed by atoms with Gasteiger partial charge in [-0.1, -0.05) is 0 Å². The fraction of sp³-hybridized carbons (Fsp3) is 0.556. The molecule has 8 nitrogen and oxygen atoms in total. The Balaban J connectivity index is 1.40. The van der Waals surface area contributed by atoms with E-state index < -0.39 is 0 Å². The van der Waals surface area contributed by atoms with Crippen LogP contribution in [0.15, 0.2) is 31.0 Å². The van der Waals surface area contributed by atoms with Gasteiger partial charge in [-0.25, -0.2) is 14.6 Å². The van der Waals surface area contributed by atoms with E-state index in [1.165, 1.54) is 19.2 Å². The van der Waals surface area contributed by atoms with Crippen LogP contribution in [0, 0.1) is 0 Å². The first kappa shape index (κ1) is 16.8. The Morgan fingerprint density at radius 3 is 2.92 bits per heavy atom. The monoisotopic (exact) mass is 356 g/mol. The van der Waals surface area contributed by atoms with Crippen molar-refractivity contribution in [1.29, 1.82) is 0 Å². The summed E-state index contributed by atoms with van der Waals surface area (Å²) in [7, 11) is 0. The Bertz CT molecular complexity index is 744. The fourth-order valence-corrected chi connectivity index (χ4v) is 3.64. The van der Waals surface area contributed by atoms with Gasteiger partial charge in [0.25, 0.3) is 0 Å². The van der Waals surface area contributed by atoms with E-state index in [2.05, 4.69) is 20.0 Å². The van der Waals surface area contributed by atoms with E-state index in [0.29, 0.717) is 13.1 Å². The second-order valence-electron chi connectivity index (χ2n) is 6.88. The number of carbonyl (C=O) groups excluding carboxylic acids is 1. The molecule has 0 saturated carbocycles. The molecule has 4 heterocycles. The van der Waals surface area contributed by atoms with Crippen LogP contribution in [-0.2, 0) is 4.79 Å². The number of ether oxygens (including phenoxy) is 1. The minimum atomic E-state index is -0.352. The SMILES string of the molecule is C[C@@H](C(=O)N1CC[C@H](Oc2cccnc2N2CCCC2)C1)n1cncn1. The van der Waals surface area contributed by atoms with Gasteiger partial charge in [0.1, 0.15) is 24.8 Å². The molecule has 2 atom stereocenters. The third-order valence-corrected chi connectivity index (χ3v) is 5.10. The number of aromatic nitrogens is 4. The number of likely N-dealkylation sites (tertiary alicyclic amines) is 1. The minimum Gasteiger partial charge on any atom is -0.485 e. The summed E-state index contributed by atoms with van der Waals surface area (Å²) in [6.45, 7) is 5.18. The zero-order chi connectivity index (χ0) is 17.9. The van der Waals surface area contributed by atoms with Crippen LogP contribution in [-0.4, -0.2) is 62.8 Å². The summed E-state index contributed by atoms with van der Waals surface area (Å²) in [5.41, 5.74) is 0.